The number of hydrogen-bond acceptors (Lipinski definition) is 8. The largest absolute Gasteiger partial charge is 0.489 e. The summed E-state index contributed by atoms with van der Waals surface area (Å²) in [4.78, 5) is 18.6. The van der Waals surface area contributed by atoms with E-state index in [-0.39, 0.29) is 35.8 Å². The topological polar surface area (TPSA) is 139 Å². The Bertz CT molecular complexity index is 1530. The number of piperidine rings is 1. The van der Waals surface area contributed by atoms with Crippen molar-refractivity contribution in [2.75, 3.05) is 41.2 Å². The zero-order valence-corrected chi connectivity index (χ0v) is 24.9. The van der Waals surface area contributed by atoms with Gasteiger partial charge in [0, 0.05) is 37.7 Å². The lowest BCUT2D eigenvalue weighted by atomic mass is 10.1. The van der Waals surface area contributed by atoms with Crippen LogP contribution in [0.25, 0.3) is 6.08 Å². The third-order valence-corrected chi connectivity index (χ3v) is 8.60. The molecule has 4 rings (SSSR count). The molecule has 1 aromatic heterocycles. The van der Waals surface area contributed by atoms with Crippen molar-refractivity contribution in [2.45, 2.75) is 25.9 Å². The molecule has 1 fully saturated rings. The van der Waals surface area contributed by atoms with Crippen molar-refractivity contribution in [3.8, 4) is 5.75 Å². The molecule has 0 aliphatic carbocycles. The summed E-state index contributed by atoms with van der Waals surface area (Å²) in [6.45, 7) is 3.23. The lowest BCUT2D eigenvalue weighted by Crippen LogP contribution is -2.38. The van der Waals surface area contributed by atoms with E-state index in [4.69, 9.17) is 32.2 Å². The Balaban J connectivity index is 1.49. The van der Waals surface area contributed by atoms with Crippen LogP contribution in [-0.2, 0) is 19.6 Å². The summed E-state index contributed by atoms with van der Waals surface area (Å²) in [6, 6.07) is 15.7. The highest BCUT2D eigenvalue weighted by atomic mass is 35.5. The molecule has 1 aliphatic rings. The molecule has 0 spiro atoms. The summed E-state index contributed by atoms with van der Waals surface area (Å²) < 4.78 is 38.8. The molecule has 3 aromatic rings. The zero-order chi connectivity index (χ0) is 30.1. The van der Waals surface area contributed by atoms with Gasteiger partial charge in [0.05, 0.1) is 35.7 Å². The average molecular weight is 612 g/mol. The van der Waals surface area contributed by atoms with E-state index < -0.39 is 21.7 Å². The Morgan fingerprint density at radius 3 is 2.64 bits per heavy atom. The number of carbonyl (C=O) groups excluding carboxylic acids is 1. The van der Waals surface area contributed by atoms with E-state index in [1.807, 2.05) is 24.4 Å². The van der Waals surface area contributed by atoms with Gasteiger partial charge in [-0.3, -0.25) is 19.5 Å². The van der Waals surface area contributed by atoms with Gasteiger partial charge in [0.2, 0.25) is 10.0 Å². The number of pyridine rings is 1. The van der Waals surface area contributed by atoms with Gasteiger partial charge >= 0.3 is 5.97 Å². The molecule has 2 aromatic carbocycles. The molecule has 0 bridgehead atoms. The summed E-state index contributed by atoms with van der Waals surface area (Å²) in [5.74, 6) is -1.27. The van der Waals surface area contributed by atoms with Gasteiger partial charge in [0.1, 0.15) is 17.7 Å². The van der Waals surface area contributed by atoms with Crippen LogP contribution in [0.5, 0.6) is 5.75 Å². The number of nitrogens with one attached hydrogen (secondary N) is 1. The summed E-state index contributed by atoms with van der Waals surface area (Å²) in [6.07, 6.45) is 8.51. The molecule has 2 heterocycles. The smallest absolute Gasteiger partial charge is 0.323 e. The fourth-order valence-electron chi connectivity index (χ4n) is 4.60. The number of carbonyl (C=O) groups is 1. The van der Waals surface area contributed by atoms with E-state index in [1.54, 1.807) is 55.6 Å². The van der Waals surface area contributed by atoms with E-state index in [0.29, 0.717) is 11.3 Å². The first-order valence-electron chi connectivity index (χ1n) is 13.5. The number of nitrogens with zero attached hydrogens (tertiary/aromatic N) is 3. The molecule has 1 aliphatic heterocycles. The number of nitrogen functional groups attached to an aromatic ring is 1. The van der Waals surface area contributed by atoms with Crippen LogP contribution in [0, 0.1) is 5.41 Å². The van der Waals surface area contributed by atoms with Gasteiger partial charge in [-0.1, -0.05) is 42.0 Å². The van der Waals surface area contributed by atoms with Crippen molar-refractivity contribution < 1.29 is 22.7 Å². The van der Waals surface area contributed by atoms with E-state index in [0.717, 1.165) is 41.5 Å². The molecule has 0 unspecified atom stereocenters. The van der Waals surface area contributed by atoms with Crippen molar-refractivity contribution in [3.05, 3.63) is 89.2 Å². The minimum atomic E-state index is -4.12. The van der Waals surface area contributed by atoms with Crippen LogP contribution >= 0.6 is 11.6 Å². The average Bonchev–Trinajstić information content (AvgIpc) is 2.97. The van der Waals surface area contributed by atoms with Crippen LogP contribution in [0.1, 0.15) is 30.9 Å². The summed E-state index contributed by atoms with van der Waals surface area (Å²) in [5, 5.41) is 7.89. The monoisotopic (exact) mass is 611 g/mol. The molecule has 0 amide bonds. The highest BCUT2D eigenvalue weighted by Gasteiger charge is 2.27. The van der Waals surface area contributed by atoms with Crippen LogP contribution < -0.4 is 19.7 Å². The maximum atomic E-state index is 13.3. The number of aromatic nitrogens is 1. The number of esters is 1. The number of rotatable bonds is 12. The van der Waals surface area contributed by atoms with E-state index in [9.17, 15) is 13.2 Å². The number of nitrogens with two attached hydrogens (primary N) is 1. The maximum absolute atomic E-state index is 13.3. The van der Waals surface area contributed by atoms with Crippen molar-refractivity contribution in [2.24, 2.45) is 5.73 Å². The van der Waals surface area contributed by atoms with Gasteiger partial charge in [-0.15, -0.1) is 0 Å². The van der Waals surface area contributed by atoms with Gasteiger partial charge in [-0.25, -0.2) is 8.42 Å². The third-order valence-electron chi connectivity index (χ3n) is 6.67. The van der Waals surface area contributed by atoms with Crippen LogP contribution in [0.3, 0.4) is 0 Å². The molecular weight excluding hydrogens is 578 g/mol. The maximum Gasteiger partial charge on any atom is 0.323 e. The van der Waals surface area contributed by atoms with E-state index in [2.05, 4.69) is 9.88 Å². The van der Waals surface area contributed by atoms with Gasteiger partial charge in [-0.2, -0.15) is 0 Å². The molecule has 42 heavy (non-hydrogen) atoms. The Morgan fingerprint density at radius 2 is 1.98 bits per heavy atom. The second-order valence-corrected chi connectivity index (χ2v) is 12.0. The molecule has 0 atom stereocenters. The second kappa shape index (κ2) is 14.2. The Morgan fingerprint density at radius 1 is 1.19 bits per heavy atom. The summed E-state index contributed by atoms with van der Waals surface area (Å²) in [5.41, 5.74) is 8.22. The van der Waals surface area contributed by atoms with E-state index >= 15 is 0 Å². The molecule has 10 nitrogen and oxygen atoms in total. The molecule has 3 N–H and O–H groups in total. The second-order valence-electron chi connectivity index (χ2n) is 9.66. The number of halogens is 1. The Kier molecular flexibility index (Phi) is 10.4. The lowest BCUT2D eigenvalue weighted by molar-refractivity contribution is -0.139. The number of benzene rings is 2. The van der Waals surface area contributed by atoms with Crippen LogP contribution in [0.4, 0.5) is 11.4 Å². The van der Waals surface area contributed by atoms with Gasteiger partial charge in [-0.05, 0) is 48.9 Å². The SMILES string of the molecule is CCOC(=O)CS(=O)(=O)N(CC=Cc1cccc(C(=N)N)c1)c1ccc(OC2CCN(c3cccnc3)CC2)c(Cl)c1. The molecule has 12 heteroatoms. The van der Waals surface area contributed by atoms with E-state index in [1.165, 1.54) is 6.07 Å². The highest BCUT2D eigenvalue weighted by molar-refractivity contribution is 7.93. The first kappa shape index (κ1) is 30.9. The fraction of sp³-hybridized carbons (Fsp3) is 0.300. The van der Waals surface area contributed by atoms with Crippen molar-refractivity contribution in [1.82, 2.24) is 4.98 Å². The van der Waals surface area contributed by atoms with Crippen molar-refractivity contribution in [3.63, 3.8) is 0 Å². The number of hydrogen-bond donors (Lipinski definition) is 2. The Labute approximate surface area is 251 Å². The minimum Gasteiger partial charge on any atom is -0.489 e. The van der Waals surface area contributed by atoms with Crippen molar-refractivity contribution in [1.29, 1.82) is 5.41 Å². The number of ether oxygens (including phenoxy) is 2. The normalized spacial score (nSPS) is 14.1. The van der Waals surface area contributed by atoms with Gasteiger partial charge < -0.3 is 20.1 Å². The number of anilines is 2. The van der Waals surface area contributed by atoms with Gasteiger partial charge in [0.15, 0.2) is 5.75 Å². The number of sulfonamides is 1. The predicted molar refractivity (Wildman–Crippen MR) is 166 cm³/mol. The first-order chi connectivity index (χ1) is 20.2. The lowest BCUT2D eigenvalue weighted by Gasteiger charge is -2.33. The van der Waals surface area contributed by atoms with Gasteiger partial charge in [0.25, 0.3) is 0 Å². The minimum absolute atomic E-state index is 0.0429. The Hall–Kier alpha value is -4.09. The standard InChI is InChI=1S/C30H34ClN5O5S/c1-2-40-29(37)21-42(38,39)36(15-5-7-22-6-3-8-23(18-22)30(32)33)24-10-11-28(27(31)19-24)41-26-12-16-35(17-13-26)25-9-4-14-34-20-25/h3-11,14,18-20,26H,2,12-13,15-17,21H2,1H3,(H3,32,33). The van der Waals surface area contributed by atoms with Crippen LogP contribution in [0.15, 0.2) is 73.1 Å². The molecule has 1 saturated heterocycles. The predicted octanol–water partition coefficient (Wildman–Crippen LogP) is 4.48. The zero-order valence-electron chi connectivity index (χ0n) is 23.3. The van der Waals surface area contributed by atoms with Crippen molar-refractivity contribution >= 4 is 50.9 Å². The third kappa shape index (κ3) is 8.23. The van der Waals surface area contributed by atoms with Crippen LogP contribution in [0.2, 0.25) is 5.02 Å². The summed E-state index contributed by atoms with van der Waals surface area (Å²) in [7, 11) is -4.12. The molecule has 222 valence electrons. The first-order valence-corrected chi connectivity index (χ1v) is 15.5. The molecule has 0 radical (unpaired) electrons. The van der Waals surface area contributed by atoms with Crippen LogP contribution in [-0.4, -0.2) is 63.3 Å². The molecular formula is C30H34ClN5O5S. The summed E-state index contributed by atoms with van der Waals surface area (Å²) >= 11 is 6.59. The number of amidine groups is 1. The molecule has 0 saturated carbocycles. The quantitative estimate of drug-likeness (QED) is 0.174. The fourth-order valence-corrected chi connectivity index (χ4v) is 6.10. The highest BCUT2D eigenvalue weighted by Crippen LogP contribution is 2.33.